The number of nitrogens with zero attached hydrogens (tertiary/aromatic N) is 2. The third-order valence-electron chi connectivity index (χ3n) is 4.01. The molecule has 0 saturated carbocycles. The minimum Gasteiger partial charge on any atom is -0.391 e. The van der Waals surface area contributed by atoms with Crippen LogP contribution in [0.3, 0.4) is 0 Å². The zero-order chi connectivity index (χ0) is 18.1. The van der Waals surface area contributed by atoms with E-state index in [4.69, 9.17) is 0 Å². The molecule has 2 atom stereocenters. The Kier molecular flexibility index (Phi) is 5.10. The maximum atomic E-state index is 13.5. The van der Waals surface area contributed by atoms with Gasteiger partial charge in [-0.1, -0.05) is 24.3 Å². The van der Waals surface area contributed by atoms with Crippen molar-refractivity contribution in [3.05, 3.63) is 48.5 Å². The van der Waals surface area contributed by atoms with Crippen LogP contribution in [0.5, 0.6) is 0 Å². The number of fused-ring (bicyclic) bond motifs is 2. The number of benzene rings is 2. The van der Waals surface area contributed by atoms with Gasteiger partial charge in [0.25, 0.3) is 0 Å². The summed E-state index contributed by atoms with van der Waals surface area (Å²) in [5.41, 5.74) is 1.65. The van der Waals surface area contributed by atoms with Gasteiger partial charge in [0.1, 0.15) is 11.0 Å². The summed E-state index contributed by atoms with van der Waals surface area (Å²) >= 11 is 0. The number of para-hydroxylation sites is 2. The molecule has 0 fully saturated rings. The largest absolute Gasteiger partial charge is 0.391 e. The molecule has 134 valence electrons. The average Bonchev–Trinajstić information content (AvgIpc) is 3.21. The van der Waals surface area contributed by atoms with Crippen LogP contribution in [-0.4, -0.2) is 37.6 Å². The van der Waals surface area contributed by atoms with E-state index in [0.29, 0.717) is 20.2 Å². The predicted octanol–water partition coefficient (Wildman–Crippen LogP) is 3.43. The van der Waals surface area contributed by atoms with Crippen molar-refractivity contribution in [3.63, 3.8) is 0 Å². The standard InChI is InChI=1S/C18H18N2O3S3/c21-9-11-24-15-7-3-1-5-13(15)19-17(24)26(23)18-20-14-6-2-4-8-16(14)25(18)12-10-22/h1-8,21-22H,9-12H2/q+2. The van der Waals surface area contributed by atoms with Crippen molar-refractivity contribution >= 4 is 52.2 Å². The van der Waals surface area contributed by atoms with E-state index in [9.17, 15) is 14.4 Å². The lowest BCUT2D eigenvalue weighted by molar-refractivity contribution is 0.310. The fourth-order valence-electron chi connectivity index (χ4n) is 2.93. The molecule has 2 aromatic carbocycles. The second-order valence-corrected chi connectivity index (χ2v) is 11.5. The lowest BCUT2D eigenvalue weighted by atomic mass is 10.3. The first-order valence-electron chi connectivity index (χ1n) is 8.15. The summed E-state index contributed by atoms with van der Waals surface area (Å²) in [5, 5.41) is 19.0. The third-order valence-corrected chi connectivity index (χ3v) is 10.9. The second kappa shape index (κ2) is 7.50. The summed E-state index contributed by atoms with van der Waals surface area (Å²) in [6.45, 7) is 0.0332. The number of hydrogen-bond donors (Lipinski definition) is 2. The van der Waals surface area contributed by atoms with Crippen LogP contribution >= 0.6 is 20.9 Å². The Labute approximate surface area is 158 Å². The number of aliphatic hydroxyl groups excluding tert-OH is 2. The zero-order valence-corrected chi connectivity index (χ0v) is 16.3. The Morgan fingerprint density at radius 3 is 1.62 bits per heavy atom. The van der Waals surface area contributed by atoms with Crippen molar-refractivity contribution < 1.29 is 14.4 Å². The van der Waals surface area contributed by atoms with Gasteiger partial charge in [-0.05, 0) is 12.1 Å². The molecule has 26 heavy (non-hydrogen) atoms. The maximum absolute atomic E-state index is 13.5. The molecule has 0 aliphatic carbocycles. The van der Waals surface area contributed by atoms with Crippen LogP contribution in [0.25, 0.3) is 20.4 Å². The Morgan fingerprint density at radius 2 is 1.19 bits per heavy atom. The van der Waals surface area contributed by atoms with Crippen LogP contribution in [0, 0.1) is 0 Å². The van der Waals surface area contributed by atoms with E-state index < -0.39 is 31.7 Å². The summed E-state index contributed by atoms with van der Waals surface area (Å²) in [6.07, 6.45) is 0. The molecular formula is C18H18N2O3S3+2. The highest BCUT2D eigenvalue weighted by Crippen LogP contribution is 2.43. The molecule has 2 unspecified atom stereocenters. The van der Waals surface area contributed by atoms with Gasteiger partial charge in [-0.2, -0.15) is 9.97 Å². The smallest absolute Gasteiger partial charge is 0.344 e. The highest BCUT2D eigenvalue weighted by Gasteiger charge is 2.36. The van der Waals surface area contributed by atoms with Crippen molar-refractivity contribution in [2.45, 2.75) is 20.2 Å². The van der Waals surface area contributed by atoms with Gasteiger partial charge in [-0.15, -0.1) is 0 Å². The monoisotopic (exact) mass is 406 g/mol. The first kappa shape index (κ1) is 17.7. The maximum Gasteiger partial charge on any atom is 0.344 e. The molecule has 0 aliphatic rings. The van der Waals surface area contributed by atoms with Crippen LogP contribution in [0.1, 0.15) is 0 Å². The van der Waals surface area contributed by atoms with Crippen molar-refractivity contribution in [1.29, 1.82) is 0 Å². The minimum atomic E-state index is -1.48. The number of thiazole rings is 2. The SMILES string of the molecule is O=S(c1nc2ccccc2[s+]1CCO)c1nc2ccccc2[s+]1CCO. The molecular weight excluding hydrogens is 388 g/mol. The summed E-state index contributed by atoms with van der Waals surface area (Å²) in [4.78, 5) is 9.26. The summed E-state index contributed by atoms with van der Waals surface area (Å²) in [6, 6.07) is 15.5. The van der Waals surface area contributed by atoms with E-state index in [-0.39, 0.29) is 13.2 Å². The summed E-state index contributed by atoms with van der Waals surface area (Å²) < 4.78 is 16.7. The first-order valence-corrected chi connectivity index (χ1v) is 12.1. The second-order valence-electron chi connectivity index (χ2n) is 5.60. The molecule has 0 amide bonds. The number of aromatic nitrogens is 2. The predicted molar refractivity (Wildman–Crippen MR) is 107 cm³/mol. The van der Waals surface area contributed by atoms with E-state index in [1.165, 1.54) is 0 Å². The molecule has 0 saturated heterocycles. The van der Waals surface area contributed by atoms with Gasteiger partial charge in [0.05, 0.1) is 13.2 Å². The van der Waals surface area contributed by atoms with Crippen LogP contribution in [-0.2, 0) is 22.3 Å². The Hall–Kier alpha value is -1.71. The quantitative estimate of drug-likeness (QED) is 0.479. The highest BCUT2D eigenvalue weighted by molar-refractivity contribution is 7.91. The molecule has 0 spiro atoms. The molecule has 5 nitrogen and oxygen atoms in total. The van der Waals surface area contributed by atoms with E-state index >= 15 is 0 Å². The van der Waals surface area contributed by atoms with Gasteiger partial charge >= 0.3 is 8.68 Å². The van der Waals surface area contributed by atoms with Gasteiger partial charge in [-0.3, -0.25) is 0 Å². The Morgan fingerprint density at radius 1 is 0.769 bits per heavy atom. The van der Waals surface area contributed by atoms with Crippen molar-refractivity contribution in [3.8, 4) is 0 Å². The van der Waals surface area contributed by atoms with Gasteiger partial charge in [-0.25, -0.2) is 4.21 Å². The zero-order valence-electron chi connectivity index (χ0n) is 13.9. The number of rotatable bonds is 6. The van der Waals surface area contributed by atoms with E-state index in [2.05, 4.69) is 9.97 Å². The van der Waals surface area contributed by atoms with Gasteiger partial charge in [0.15, 0.2) is 11.5 Å². The highest BCUT2D eigenvalue weighted by atomic mass is 32.2. The van der Waals surface area contributed by atoms with Crippen molar-refractivity contribution in [2.24, 2.45) is 0 Å². The first-order chi connectivity index (χ1) is 12.7. The third kappa shape index (κ3) is 2.97. The van der Waals surface area contributed by atoms with Crippen molar-refractivity contribution in [2.75, 3.05) is 13.2 Å². The fraction of sp³-hybridized carbons (Fsp3) is 0.222. The molecule has 8 heteroatoms. The molecule has 4 aromatic rings. The number of aliphatic hydroxyl groups is 2. The van der Waals surface area contributed by atoms with Crippen LogP contribution in [0.15, 0.2) is 57.2 Å². The Bertz CT molecular complexity index is 1020. The molecule has 0 radical (unpaired) electrons. The molecule has 0 bridgehead atoms. The topological polar surface area (TPSA) is 83.3 Å². The van der Waals surface area contributed by atoms with Crippen LogP contribution < -0.4 is 0 Å². The van der Waals surface area contributed by atoms with E-state index in [1.807, 2.05) is 48.5 Å². The van der Waals surface area contributed by atoms with Gasteiger partial charge in [0.2, 0.25) is 20.2 Å². The average molecular weight is 407 g/mol. The minimum absolute atomic E-state index is 0.0166. The molecule has 0 aliphatic heterocycles. The fourth-order valence-corrected chi connectivity index (χ4v) is 9.74. The van der Waals surface area contributed by atoms with Gasteiger partial charge < -0.3 is 10.2 Å². The van der Waals surface area contributed by atoms with E-state index in [1.54, 1.807) is 0 Å². The lowest BCUT2D eigenvalue weighted by Gasteiger charge is -1.93. The van der Waals surface area contributed by atoms with Crippen LogP contribution in [0.2, 0.25) is 0 Å². The number of hydrogen-bond acceptors (Lipinski definition) is 5. The summed E-state index contributed by atoms with van der Waals surface area (Å²) in [7, 11) is -2.46. The molecule has 4 rings (SSSR count). The molecule has 2 aromatic heterocycles. The van der Waals surface area contributed by atoms with Crippen molar-refractivity contribution in [1.82, 2.24) is 9.97 Å². The molecule has 2 N–H and O–H groups in total. The lowest BCUT2D eigenvalue weighted by Crippen LogP contribution is -1.97. The normalized spacial score (nSPS) is 14.2. The van der Waals surface area contributed by atoms with Gasteiger partial charge in [0, 0.05) is 33.1 Å². The van der Waals surface area contributed by atoms with E-state index in [0.717, 1.165) is 20.4 Å². The Balaban J connectivity index is 1.91. The van der Waals surface area contributed by atoms with Crippen LogP contribution in [0.4, 0.5) is 0 Å². The molecule has 2 heterocycles. The summed E-state index contributed by atoms with van der Waals surface area (Å²) in [5.74, 6) is 1.02.